The van der Waals surface area contributed by atoms with E-state index in [2.05, 4.69) is 38.8 Å². The van der Waals surface area contributed by atoms with Crippen molar-refractivity contribution in [2.24, 2.45) is 16.7 Å². The molecule has 0 aromatic heterocycles. The number of fused-ring (bicyclic) bond motifs is 2. The Morgan fingerprint density at radius 2 is 1.93 bits per heavy atom. The van der Waals surface area contributed by atoms with Crippen LogP contribution >= 0.6 is 31.9 Å². The van der Waals surface area contributed by atoms with Gasteiger partial charge < -0.3 is 5.11 Å². The molecule has 2 fully saturated rings. The summed E-state index contributed by atoms with van der Waals surface area (Å²) in [5.41, 5.74) is -0.143. The first kappa shape index (κ1) is 11.4. The summed E-state index contributed by atoms with van der Waals surface area (Å²) in [5.74, 6) is 0.689. The van der Waals surface area contributed by atoms with Crippen LogP contribution in [0.2, 0.25) is 0 Å². The molecule has 2 saturated carbocycles. The van der Waals surface area contributed by atoms with Gasteiger partial charge in [0.25, 0.3) is 0 Å². The molecule has 0 aromatic carbocycles. The molecule has 0 aromatic rings. The fourth-order valence-electron chi connectivity index (χ4n) is 3.90. The van der Waals surface area contributed by atoms with Crippen molar-refractivity contribution in [1.29, 1.82) is 0 Å². The van der Waals surface area contributed by atoms with Crippen molar-refractivity contribution in [1.82, 2.24) is 0 Å². The van der Waals surface area contributed by atoms with E-state index >= 15 is 0 Å². The normalized spacial score (nSPS) is 56.8. The summed E-state index contributed by atoms with van der Waals surface area (Å²) in [6, 6.07) is 0. The number of hydrogen-bond acceptors (Lipinski definition) is 1. The number of rotatable bonds is 2. The maximum absolute atomic E-state index is 10.6. The summed E-state index contributed by atoms with van der Waals surface area (Å²) < 4.78 is 0. The number of aliphatic hydroxyl groups is 1. The number of hydrogen-bond donors (Lipinski definition) is 1. The first-order valence-electron chi connectivity index (χ1n) is 5.28. The molecule has 0 aliphatic heterocycles. The predicted molar refractivity (Wildman–Crippen MR) is 66.1 cm³/mol. The van der Waals surface area contributed by atoms with Crippen molar-refractivity contribution < 1.29 is 5.11 Å². The van der Waals surface area contributed by atoms with Crippen molar-refractivity contribution >= 4 is 31.9 Å². The van der Waals surface area contributed by atoms with Crippen LogP contribution in [0.4, 0.5) is 0 Å². The van der Waals surface area contributed by atoms with Gasteiger partial charge in [0.15, 0.2) is 0 Å². The lowest BCUT2D eigenvalue weighted by molar-refractivity contribution is -0.0692. The van der Waals surface area contributed by atoms with Crippen LogP contribution in [0.3, 0.4) is 0 Å². The van der Waals surface area contributed by atoms with Gasteiger partial charge in [-0.05, 0) is 37.5 Å². The molecule has 0 unspecified atom stereocenters. The second-order valence-corrected chi connectivity index (χ2v) is 6.60. The van der Waals surface area contributed by atoms with Gasteiger partial charge in [0, 0.05) is 16.1 Å². The van der Waals surface area contributed by atoms with Crippen LogP contribution in [0.25, 0.3) is 0 Å². The van der Waals surface area contributed by atoms with Crippen LogP contribution in [0.1, 0.15) is 33.1 Å². The Morgan fingerprint density at radius 3 is 2.29 bits per heavy atom. The third kappa shape index (κ3) is 1.04. The van der Waals surface area contributed by atoms with Crippen LogP contribution in [0.15, 0.2) is 0 Å². The van der Waals surface area contributed by atoms with Crippen molar-refractivity contribution in [3.8, 4) is 0 Å². The average Bonchev–Trinajstić information content (AvgIpc) is 2.50. The van der Waals surface area contributed by atoms with Gasteiger partial charge in [0.1, 0.15) is 0 Å². The van der Waals surface area contributed by atoms with Crippen LogP contribution in [0, 0.1) is 16.7 Å². The smallest absolute Gasteiger partial charge is 0.0692 e. The summed E-state index contributed by atoms with van der Waals surface area (Å²) in [5, 5.41) is 12.5. The highest BCUT2D eigenvalue weighted by Crippen LogP contribution is 2.70. The minimum absolute atomic E-state index is 0.0775. The largest absolute Gasteiger partial charge is 0.390 e. The molecule has 0 heterocycles. The lowest BCUT2D eigenvalue weighted by atomic mass is 9.65. The third-order valence-corrected chi connectivity index (χ3v) is 7.22. The zero-order valence-electron chi connectivity index (χ0n) is 8.82. The molecule has 1 nitrogen and oxygen atoms in total. The fraction of sp³-hybridized carbons (Fsp3) is 1.00. The molecule has 0 saturated heterocycles. The molecule has 2 bridgehead atoms. The summed E-state index contributed by atoms with van der Waals surface area (Å²) >= 11 is 7.28. The minimum atomic E-state index is -0.484. The Morgan fingerprint density at radius 1 is 1.29 bits per heavy atom. The molecular weight excluding hydrogens is 308 g/mol. The van der Waals surface area contributed by atoms with E-state index in [4.69, 9.17) is 0 Å². The molecule has 0 radical (unpaired) electrons. The van der Waals surface area contributed by atoms with E-state index < -0.39 is 5.60 Å². The van der Waals surface area contributed by atoms with Crippen molar-refractivity contribution in [3.63, 3.8) is 0 Å². The molecule has 82 valence electrons. The molecule has 1 N–H and O–H groups in total. The van der Waals surface area contributed by atoms with Crippen molar-refractivity contribution in [2.45, 2.75) is 38.7 Å². The number of alkyl halides is 2. The Balaban J connectivity index is 2.48. The standard InChI is InChI=1S/C11H18Br2O/c1-9(6-12)8-3-4-11(9,7-13)10(2,14)5-8/h8,14H,3-7H2,1-2H3/t8-,9+,10+,11-/m1/s1. The summed E-state index contributed by atoms with van der Waals surface area (Å²) in [6.07, 6.45) is 3.42. The topological polar surface area (TPSA) is 20.2 Å². The van der Waals surface area contributed by atoms with Crippen LogP contribution < -0.4 is 0 Å². The maximum Gasteiger partial charge on any atom is 0.0692 e. The Bertz CT molecular complexity index is 254. The third-order valence-electron chi connectivity index (χ3n) is 5.09. The van der Waals surface area contributed by atoms with Crippen LogP contribution in [-0.2, 0) is 0 Å². The zero-order chi connectivity index (χ0) is 10.6. The van der Waals surface area contributed by atoms with E-state index in [1.165, 1.54) is 6.42 Å². The predicted octanol–water partition coefficient (Wildman–Crippen LogP) is 3.33. The van der Waals surface area contributed by atoms with Gasteiger partial charge in [-0.15, -0.1) is 0 Å². The van der Waals surface area contributed by atoms with Crippen molar-refractivity contribution in [3.05, 3.63) is 0 Å². The lowest BCUT2D eigenvalue weighted by Gasteiger charge is -2.46. The second-order valence-electron chi connectivity index (χ2n) is 5.48. The van der Waals surface area contributed by atoms with Gasteiger partial charge in [-0.25, -0.2) is 0 Å². The molecule has 14 heavy (non-hydrogen) atoms. The maximum atomic E-state index is 10.6. The van der Waals surface area contributed by atoms with E-state index in [0.717, 1.165) is 23.5 Å². The SMILES string of the molecule is C[C@]1(O)C[C@H]2CC[C@@]1(CBr)[C@@]2(C)CBr. The van der Waals surface area contributed by atoms with Gasteiger partial charge in [-0.2, -0.15) is 0 Å². The molecule has 2 rings (SSSR count). The highest BCUT2D eigenvalue weighted by Gasteiger charge is 2.69. The Kier molecular flexibility index (Phi) is 2.61. The van der Waals surface area contributed by atoms with Gasteiger partial charge in [0.05, 0.1) is 5.60 Å². The zero-order valence-corrected chi connectivity index (χ0v) is 12.0. The highest BCUT2D eigenvalue weighted by molar-refractivity contribution is 9.09. The minimum Gasteiger partial charge on any atom is -0.390 e. The molecule has 0 spiro atoms. The molecule has 2 aliphatic rings. The quantitative estimate of drug-likeness (QED) is 0.772. The fourth-order valence-corrected chi connectivity index (χ4v) is 6.42. The van der Waals surface area contributed by atoms with Gasteiger partial charge >= 0.3 is 0 Å². The second kappa shape index (κ2) is 3.21. The highest BCUT2D eigenvalue weighted by atomic mass is 79.9. The first-order chi connectivity index (χ1) is 6.43. The average molecular weight is 326 g/mol. The summed E-state index contributed by atoms with van der Waals surface area (Å²) in [4.78, 5) is 0. The van der Waals surface area contributed by atoms with Crippen LogP contribution in [0.5, 0.6) is 0 Å². The molecule has 4 atom stereocenters. The van der Waals surface area contributed by atoms with Gasteiger partial charge in [-0.3, -0.25) is 0 Å². The monoisotopic (exact) mass is 324 g/mol. The summed E-state index contributed by atoms with van der Waals surface area (Å²) in [7, 11) is 0. The van der Waals surface area contributed by atoms with Gasteiger partial charge in [-0.1, -0.05) is 38.8 Å². The van der Waals surface area contributed by atoms with Crippen LogP contribution in [-0.4, -0.2) is 21.4 Å². The Labute approximate surface area is 103 Å². The van der Waals surface area contributed by atoms with E-state index in [0.29, 0.717) is 5.92 Å². The lowest BCUT2D eigenvalue weighted by Crippen LogP contribution is -2.50. The molecule has 0 amide bonds. The molecule has 2 aliphatic carbocycles. The first-order valence-corrected chi connectivity index (χ1v) is 7.52. The summed E-state index contributed by atoms with van der Waals surface area (Å²) in [6.45, 7) is 4.36. The number of halogens is 2. The molecule has 3 heteroatoms. The van der Waals surface area contributed by atoms with Gasteiger partial charge in [0.2, 0.25) is 0 Å². The molecular formula is C11H18Br2O. The van der Waals surface area contributed by atoms with E-state index in [1.807, 2.05) is 6.92 Å². The Hall–Kier alpha value is 0.920. The van der Waals surface area contributed by atoms with E-state index in [1.54, 1.807) is 0 Å². The van der Waals surface area contributed by atoms with E-state index in [-0.39, 0.29) is 10.8 Å². The van der Waals surface area contributed by atoms with Crippen molar-refractivity contribution in [2.75, 3.05) is 10.7 Å². The van der Waals surface area contributed by atoms with E-state index in [9.17, 15) is 5.11 Å².